The molecule has 0 fully saturated rings. The van der Waals surface area contributed by atoms with E-state index in [0.29, 0.717) is 23.5 Å². The van der Waals surface area contributed by atoms with Gasteiger partial charge in [0.25, 0.3) is 0 Å². The molecular formula is C25H28N2O3S2. The van der Waals surface area contributed by atoms with E-state index >= 15 is 0 Å². The van der Waals surface area contributed by atoms with Crippen molar-refractivity contribution in [2.75, 3.05) is 17.7 Å². The summed E-state index contributed by atoms with van der Waals surface area (Å²) in [6.45, 7) is 4.56. The molecule has 0 saturated carbocycles. The minimum absolute atomic E-state index is 0.0848. The maximum absolute atomic E-state index is 13.0. The molecule has 32 heavy (non-hydrogen) atoms. The van der Waals surface area contributed by atoms with Crippen molar-refractivity contribution < 1.29 is 14.3 Å². The molecule has 4 rings (SSSR count). The van der Waals surface area contributed by atoms with Crippen LogP contribution in [-0.2, 0) is 4.74 Å². The third-order valence-electron chi connectivity index (χ3n) is 5.19. The van der Waals surface area contributed by atoms with Gasteiger partial charge < -0.3 is 14.8 Å². The number of fused-ring (bicyclic) bond motifs is 2. The minimum atomic E-state index is -0.724. The number of benzene rings is 2. The van der Waals surface area contributed by atoms with Gasteiger partial charge in [0.2, 0.25) is 6.29 Å². The van der Waals surface area contributed by atoms with Crippen LogP contribution in [0.15, 0.2) is 58.6 Å². The van der Waals surface area contributed by atoms with Gasteiger partial charge in [0.05, 0.1) is 21.4 Å². The molecule has 7 heteroatoms. The first kappa shape index (κ1) is 22.8. The number of ether oxygens (including phenoxy) is 2. The lowest BCUT2D eigenvalue weighted by molar-refractivity contribution is -0.0509. The lowest BCUT2D eigenvalue weighted by Gasteiger charge is -2.27. The molecule has 0 aliphatic carbocycles. The van der Waals surface area contributed by atoms with Crippen LogP contribution in [0.1, 0.15) is 49.9 Å². The third kappa shape index (κ3) is 5.34. The average molecular weight is 469 g/mol. The zero-order chi connectivity index (χ0) is 22.3. The van der Waals surface area contributed by atoms with Gasteiger partial charge in [-0.2, -0.15) is 0 Å². The van der Waals surface area contributed by atoms with Crippen molar-refractivity contribution in [2.45, 2.75) is 50.2 Å². The number of ketones is 1. The highest BCUT2D eigenvalue weighted by Gasteiger charge is 2.32. The molecule has 0 saturated heterocycles. The van der Waals surface area contributed by atoms with Crippen LogP contribution in [-0.4, -0.2) is 29.4 Å². The van der Waals surface area contributed by atoms with Gasteiger partial charge in [0.15, 0.2) is 10.1 Å². The van der Waals surface area contributed by atoms with E-state index in [1.807, 2.05) is 43.0 Å². The highest BCUT2D eigenvalue weighted by molar-refractivity contribution is 8.01. The molecule has 1 aromatic heterocycles. The number of thioether (sulfide) groups is 1. The molecule has 2 heterocycles. The zero-order valence-corrected chi connectivity index (χ0v) is 20.1. The predicted octanol–water partition coefficient (Wildman–Crippen LogP) is 6.90. The molecular weight excluding hydrogens is 440 g/mol. The highest BCUT2D eigenvalue weighted by atomic mass is 32.2. The van der Waals surface area contributed by atoms with Gasteiger partial charge in [-0.05, 0) is 43.7 Å². The summed E-state index contributed by atoms with van der Waals surface area (Å²) in [4.78, 5) is 17.8. The SMILES string of the molecule is CCCCCCSc1nc2ccc(N/C=C3\C(=O)c4ccccc4O[C@H]3OCC)cc2s1. The Balaban J connectivity index is 1.47. The fourth-order valence-electron chi connectivity index (χ4n) is 3.51. The molecule has 3 aromatic rings. The predicted molar refractivity (Wildman–Crippen MR) is 133 cm³/mol. The molecule has 1 aliphatic rings. The van der Waals surface area contributed by atoms with Gasteiger partial charge in [0.1, 0.15) is 5.75 Å². The summed E-state index contributed by atoms with van der Waals surface area (Å²) in [6, 6.07) is 13.3. The van der Waals surface area contributed by atoms with Gasteiger partial charge in [-0.3, -0.25) is 4.79 Å². The summed E-state index contributed by atoms with van der Waals surface area (Å²) in [6.07, 6.45) is 6.05. The highest BCUT2D eigenvalue weighted by Crippen LogP contribution is 2.33. The smallest absolute Gasteiger partial charge is 0.232 e. The number of anilines is 1. The van der Waals surface area contributed by atoms with Gasteiger partial charge in [-0.15, -0.1) is 11.3 Å². The maximum Gasteiger partial charge on any atom is 0.232 e. The fourth-order valence-corrected chi connectivity index (χ4v) is 5.69. The van der Waals surface area contributed by atoms with Crippen LogP contribution < -0.4 is 10.1 Å². The first-order chi connectivity index (χ1) is 15.7. The summed E-state index contributed by atoms with van der Waals surface area (Å²) >= 11 is 3.55. The Kier molecular flexibility index (Phi) is 7.84. The van der Waals surface area contributed by atoms with E-state index in [1.54, 1.807) is 29.7 Å². The number of nitrogens with zero attached hydrogens (tertiary/aromatic N) is 1. The lowest BCUT2D eigenvalue weighted by atomic mass is 10.00. The van der Waals surface area contributed by atoms with Crippen LogP contribution in [0.4, 0.5) is 5.69 Å². The molecule has 168 valence electrons. The van der Waals surface area contributed by atoms with Crippen LogP contribution in [0.25, 0.3) is 10.2 Å². The lowest BCUT2D eigenvalue weighted by Crippen LogP contribution is -2.33. The van der Waals surface area contributed by atoms with Gasteiger partial charge in [-0.1, -0.05) is 50.1 Å². The van der Waals surface area contributed by atoms with E-state index in [1.165, 1.54) is 25.7 Å². The fraction of sp³-hybridized carbons (Fsp3) is 0.360. The van der Waals surface area contributed by atoms with Crippen LogP contribution in [0.2, 0.25) is 0 Å². The van der Waals surface area contributed by atoms with E-state index in [-0.39, 0.29) is 5.78 Å². The molecule has 1 atom stereocenters. The van der Waals surface area contributed by atoms with E-state index in [9.17, 15) is 4.79 Å². The standard InChI is InChI=1S/C25H28N2O3S2/c1-3-5-6-9-14-31-25-27-20-13-12-17(15-22(20)32-25)26-16-19-23(28)18-10-7-8-11-21(18)30-24(19)29-4-2/h7-8,10-13,15-16,24,26H,3-6,9,14H2,1-2H3/b19-16+/t24-/m1/s1. The van der Waals surface area contributed by atoms with Gasteiger partial charge in [0, 0.05) is 24.2 Å². The largest absolute Gasteiger partial charge is 0.460 e. The number of aromatic nitrogens is 1. The van der Waals surface area contributed by atoms with Crippen molar-refractivity contribution in [1.29, 1.82) is 0 Å². The Bertz CT molecular complexity index is 1110. The van der Waals surface area contributed by atoms with Gasteiger partial charge in [-0.25, -0.2) is 4.98 Å². The van der Waals surface area contributed by atoms with Gasteiger partial charge >= 0.3 is 0 Å². The Morgan fingerprint density at radius 3 is 2.91 bits per heavy atom. The van der Waals surface area contributed by atoms with Crippen LogP contribution in [0, 0.1) is 0 Å². The number of Topliss-reactive ketones (excluding diaryl/α,β-unsaturated/α-hetero) is 1. The molecule has 0 bridgehead atoms. The van der Waals surface area contributed by atoms with Crippen molar-refractivity contribution in [3.63, 3.8) is 0 Å². The summed E-state index contributed by atoms with van der Waals surface area (Å²) in [5.74, 6) is 1.58. The van der Waals surface area contributed by atoms with E-state index in [0.717, 1.165) is 26.0 Å². The van der Waals surface area contributed by atoms with Crippen LogP contribution in [0.3, 0.4) is 0 Å². The number of carbonyl (C=O) groups excluding carboxylic acids is 1. The van der Waals surface area contributed by atoms with E-state index < -0.39 is 6.29 Å². The topological polar surface area (TPSA) is 60.5 Å². The molecule has 0 radical (unpaired) electrons. The Labute approximate surface area is 197 Å². The monoisotopic (exact) mass is 468 g/mol. The summed E-state index contributed by atoms with van der Waals surface area (Å²) in [5.41, 5.74) is 2.91. The summed E-state index contributed by atoms with van der Waals surface area (Å²) in [7, 11) is 0. The molecule has 1 N–H and O–H groups in total. The Morgan fingerprint density at radius 2 is 2.06 bits per heavy atom. The van der Waals surface area contributed by atoms with E-state index in [4.69, 9.17) is 14.5 Å². The van der Waals surface area contributed by atoms with Crippen molar-refractivity contribution >= 4 is 44.8 Å². The molecule has 5 nitrogen and oxygen atoms in total. The van der Waals surface area contributed by atoms with E-state index in [2.05, 4.69) is 18.3 Å². The Morgan fingerprint density at radius 1 is 1.19 bits per heavy atom. The number of unbranched alkanes of at least 4 members (excludes halogenated alkanes) is 3. The first-order valence-corrected chi connectivity index (χ1v) is 12.9. The number of hydrogen-bond acceptors (Lipinski definition) is 7. The van der Waals surface area contributed by atoms with Crippen molar-refractivity contribution in [3.8, 4) is 5.75 Å². The van der Waals surface area contributed by atoms with Crippen LogP contribution in [0.5, 0.6) is 5.75 Å². The summed E-state index contributed by atoms with van der Waals surface area (Å²) < 4.78 is 13.8. The number of rotatable bonds is 10. The number of carbonyl (C=O) groups is 1. The number of nitrogens with one attached hydrogen (secondary N) is 1. The molecule has 2 aromatic carbocycles. The number of hydrogen-bond donors (Lipinski definition) is 1. The molecule has 0 amide bonds. The van der Waals surface area contributed by atoms with Crippen LogP contribution >= 0.6 is 23.1 Å². The molecule has 1 aliphatic heterocycles. The Hall–Kier alpha value is -2.35. The zero-order valence-electron chi connectivity index (χ0n) is 18.4. The summed E-state index contributed by atoms with van der Waals surface area (Å²) in [5, 5.41) is 3.26. The van der Waals surface area contributed by atoms with Crippen molar-refractivity contribution in [1.82, 2.24) is 4.98 Å². The van der Waals surface area contributed by atoms with Crippen molar-refractivity contribution in [3.05, 3.63) is 59.8 Å². The average Bonchev–Trinajstić information content (AvgIpc) is 3.21. The second-order valence-corrected chi connectivity index (χ2v) is 9.92. The number of thiazole rings is 1. The minimum Gasteiger partial charge on any atom is -0.460 e. The quantitative estimate of drug-likeness (QED) is 0.198. The second-order valence-electron chi connectivity index (χ2n) is 7.55. The number of para-hydroxylation sites is 1. The third-order valence-corrected chi connectivity index (χ3v) is 7.43. The second kappa shape index (κ2) is 11.0. The first-order valence-electron chi connectivity index (χ1n) is 11.1. The molecule has 0 spiro atoms. The normalized spacial score (nSPS) is 16.9. The molecule has 0 unspecified atom stereocenters. The maximum atomic E-state index is 13.0. The van der Waals surface area contributed by atoms with Crippen molar-refractivity contribution in [2.24, 2.45) is 0 Å².